The SMILES string of the molecule is O=C(c1cnc2ccccc2c1)N1CCOC(CCc2ccncn2)C1. The van der Waals surface area contributed by atoms with Crippen LogP contribution in [0.15, 0.2) is 55.1 Å². The van der Waals surface area contributed by atoms with Crippen LogP contribution < -0.4 is 0 Å². The first kappa shape index (κ1) is 16.6. The summed E-state index contributed by atoms with van der Waals surface area (Å²) in [5.41, 5.74) is 2.51. The second-order valence-electron chi connectivity index (χ2n) is 6.40. The summed E-state index contributed by atoms with van der Waals surface area (Å²) in [7, 11) is 0. The van der Waals surface area contributed by atoms with Gasteiger partial charge in [-0.15, -0.1) is 0 Å². The minimum absolute atomic E-state index is 0.0126. The van der Waals surface area contributed by atoms with Crippen LogP contribution in [-0.2, 0) is 11.2 Å². The fourth-order valence-corrected chi connectivity index (χ4v) is 3.22. The van der Waals surface area contributed by atoms with E-state index in [2.05, 4.69) is 15.0 Å². The van der Waals surface area contributed by atoms with E-state index < -0.39 is 0 Å². The van der Waals surface area contributed by atoms with E-state index in [1.165, 1.54) is 0 Å². The highest BCUT2D eigenvalue weighted by molar-refractivity contribution is 5.97. The number of rotatable bonds is 4. The van der Waals surface area contributed by atoms with Gasteiger partial charge in [-0.3, -0.25) is 9.78 Å². The number of aromatic nitrogens is 3. The van der Waals surface area contributed by atoms with Gasteiger partial charge in [-0.25, -0.2) is 9.97 Å². The van der Waals surface area contributed by atoms with Crippen LogP contribution in [0.4, 0.5) is 0 Å². The largest absolute Gasteiger partial charge is 0.375 e. The Morgan fingerprint density at radius 1 is 1.23 bits per heavy atom. The molecule has 0 spiro atoms. The van der Waals surface area contributed by atoms with Crippen LogP contribution >= 0.6 is 0 Å². The van der Waals surface area contributed by atoms with Crippen molar-refractivity contribution in [3.8, 4) is 0 Å². The molecule has 1 atom stereocenters. The Morgan fingerprint density at radius 2 is 2.15 bits per heavy atom. The molecule has 1 aromatic carbocycles. The topological polar surface area (TPSA) is 68.2 Å². The van der Waals surface area contributed by atoms with Crippen molar-refractivity contribution < 1.29 is 9.53 Å². The highest BCUT2D eigenvalue weighted by atomic mass is 16.5. The monoisotopic (exact) mass is 348 g/mol. The maximum absolute atomic E-state index is 12.9. The lowest BCUT2D eigenvalue weighted by atomic mass is 10.1. The number of aryl methyl sites for hydroxylation is 1. The molecular weight excluding hydrogens is 328 g/mol. The number of amides is 1. The molecule has 1 fully saturated rings. The number of nitrogens with zero attached hydrogens (tertiary/aromatic N) is 4. The third-order valence-electron chi connectivity index (χ3n) is 4.63. The van der Waals surface area contributed by atoms with Gasteiger partial charge >= 0.3 is 0 Å². The molecule has 3 heterocycles. The highest BCUT2D eigenvalue weighted by Crippen LogP contribution is 2.17. The number of morpholine rings is 1. The highest BCUT2D eigenvalue weighted by Gasteiger charge is 2.25. The van der Waals surface area contributed by atoms with Crippen molar-refractivity contribution >= 4 is 16.8 Å². The Balaban J connectivity index is 1.42. The van der Waals surface area contributed by atoms with Crippen LogP contribution in [0.25, 0.3) is 10.9 Å². The summed E-state index contributed by atoms with van der Waals surface area (Å²) >= 11 is 0. The van der Waals surface area contributed by atoms with E-state index in [0.717, 1.165) is 29.4 Å². The normalized spacial score (nSPS) is 17.4. The summed E-state index contributed by atoms with van der Waals surface area (Å²) in [6.45, 7) is 1.76. The van der Waals surface area contributed by atoms with Gasteiger partial charge in [0.05, 0.1) is 23.8 Å². The van der Waals surface area contributed by atoms with Crippen molar-refractivity contribution in [2.75, 3.05) is 19.7 Å². The number of hydrogen-bond donors (Lipinski definition) is 0. The first-order valence-corrected chi connectivity index (χ1v) is 8.80. The fraction of sp³-hybridized carbons (Fsp3) is 0.300. The van der Waals surface area contributed by atoms with Crippen LogP contribution in [0.1, 0.15) is 22.5 Å². The molecule has 0 saturated carbocycles. The zero-order chi connectivity index (χ0) is 17.8. The number of para-hydroxylation sites is 1. The molecule has 1 saturated heterocycles. The number of ether oxygens (including phenoxy) is 1. The Labute approximate surface area is 151 Å². The van der Waals surface area contributed by atoms with Crippen molar-refractivity contribution in [2.45, 2.75) is 18.9 Å². The van der Waals surface area contributed by atoms with Gasteiger partial charge in [0.15, 0.2) is 0 Å². The first-order valence-electron chi connectivity index (χ1n) is 8.80. The Morgan fingerprint density at radius 3 is 3.04 bits per heavy atom. The van der Waals surface area contributed by atoms with Crippen LogP contribution in [0.2, 0.25) is 0 Å². The molecule has 0 radical (unpaired) electrons. The molecule has 3 aromatic rings. The molecular formula is C20H20N4O2. The van der Waals surface area contributed by atoms with Crippen LogP contribution in [-0.4, -0.2) is 51.6 Å². The fourth-order valence-electron chi connectivity index (χ4n) is 3.22. The number of carbonyl (C=O) groups excluding carboxylic acids is 1. The Hall–Kier alpha value is -2.86. The van der Waals surface area contributed by atoms with E-state index in [-0.39, 0.29) is 12.0 Å². The van der Waals surface area contributed by atoms with Gasteiger partial charge in [0.1, 0.15) is 6.33 Å². The smallest absolute Gasteiger partial charge is 0.255 e. The third-order valence-corrected chi connectivity index (χ3v) is 4.63. The molecule has 1 unspecified atom stereocenters. The van der Waals surface area contributed by atoms with Crippen LogP contribution in [0.5, 0.6) is 0 Å². The Kier molecular flexibility index (Phi) is 4.84. The third kappa shape index (κ3) is 3.70. The van der Waals surface area contributed by atoms with E-state index in [0.29, 0.717) is 25.3 Å². The molecule has 1 aliphatic rings. The molecule has 0 aliphatic carbocycles. The van der Waals surface area contributed by atoms with Crippen molar-refractivity contribution in [2.24, 2.45) is 0 Å². The number of hydrogen-bond acceptors (Lipinski definition) is 5. The molecule has 1 aliphatic heterocycles. The van der Waals surface area contributed by atoms with Crippen molar-refractivity contribution in [1.29, 1.82) is 0 Å². The number of pyridine rings is 1. The molecule has 6 nitrogen and oxygen atoms in total. The molecule has 6 heteroatoms. The lowest BCUT2D eigenvalue weighted by Crippen LogP contribution is -2.45. The van der Waals surface area contributed by atoms with Crippen LogP contribution in [0.3, 0.4) is 0 Å². The van der Waals surface area contributed by atoms with Crippen molar-refractivity contribution in [3.05, 3.63) is 66.4 Å². The summed E-state index contributed by atoms with van der Waals surface area (Å²) in [6, 6.07) is 11.6. The molecule has 132 valence electrons. The summed E-state index contributed by atoms with van der Waals surface area (Å²) in [4.78, 5) is 27.3. The average Bonchev–Trinajstić information content (AvgIpc) is 2.72. The van der Waals surface area contributed by atoms with E-state index in [4.69, 9.17) is 4.74 Å². The molecule has 2 aromatic heterocycles. The van der Waals surface area contributed by atoms with Crippen LogP contribution in [0, 0.1) is 0 Å². The number of benzene rings is 1. The first-order chi connectivity index (χ1) is 12.8. The van der Waals surface area contributed by atoms with Gasteiger partial charge in [0, 0.05) is 36.6 Å². The zero-order valence-electron chi connectivity index (χ0n) is 14.4. The maximum atomic E-state index is 12.9. The lowest BCUT2D eigenvalue weighted by Gasteiger charge is -2.33. The molecule has 4 rings (SSSR count). The predicted molar refractivity (Wildman–Crippen MR) is 97.7 cm³/mol. The number of fused-ring (bicyclic) bond motifs is 1. The minimum Gasteiger partial charge on any atom is -0.375 e. The molecule has 0 bridgehead atoms. The van der Waals surface area contributed by atoms with Gasteiger partial charge in [0.25, 0.3) is 5.91 Å². The van der Waals surface area contributed by atoms with Crippen molar-refractivity contribution in [3.63, 3.8) is 0 Å². The summed E-state index contributed by atoms with van der Waals surface area (Å²) in [6.07, 6.45) is 6.63. The van der Waals surface area contributed by atoms with Crippen molar-refractivity contribution in [1.82, 2.24) is 19.9 Å². The summed E-state index contributed by atoms with van der Waals surface area (Å²) in [5, 5.41) is 0.979. The van der Waals surface area contributed by atoms with Gasteiger partial charge in [-0.1, -0.05) is 18.2 Å². The van der Waals surface area contributed by atoms with E-state index in [1.807, 2.05) is 41.3 Å². The predicted octanol–water partition coefficient (Wildman–Crippen LogP) is 2.50. The zero-order valence-corrected chi connectivity index (χ0v) is 14.4. The molecule has 1 amide bonds. The average molecular weight is 348 g/mol. The second-order valence-corrected chi connectivity index (χ2v) is 6.40. The second kappa shape index (κ2) is 7.58. The molecule has 0 N–H and O–H groups in total. The molecule has 26 heavy (non-hydrogen) atoms. The van der Waals surface area contributed by atoms with Gasteiger partial charge < -0.3 is 9.64 Å². The van der Waals surface area contributed by atoms with Gasteiger partial charge in [-0.05, 0) is 31.0 Å². The van der Waals surface area contributed by atoms with E-state index in [9.17, 15) is 4.79 Å². The standard InChI is InChI=1S/C20H20N4O2/c25-20(16-11-15-3-1-2-4-19(15)22-12-16)24-9-10-26-18(13-24)6-5-17-7-8-21-14-23-17/h1-4,7-8,11-12,14,18H,5-6,9-10,13H2. The summed E-state index contributed by atoms with van der Waals surface area (Å²) < 4.78 is 5.83. The maximum Gasteiger partial charge on any atom is 0.255 e. The quantitative estimate of drug-likeness (QED) is 0.725. The lowest BCUT2D eigenvalue weighted by molar-refractivity contribution is -0.0247. The number of carbonyl (C=O) groups is 1. The van der Waals surface area contributed by atoms with E-state index >= 15 is 0 Å². The van der Waals surface area contributed by atoms with Gasteiger partial charge in [-0.2, -0.15) is 0 Å². The van der Waals surface area contributed by atoms with E-state index in [1.54, 1.807) is 18.7 Å². The summed E-state index contributed by atoms with van der Waals surface area (Å²) in [5.74, 6) is 0.0126. The Bertz CT molecular complexity index is 900. The van der Waals surface area contributed by atoms with Gasteiger partial charge in [0.2, 0.25) is 0 Å². The minimum atomic E-state index is 0.0126.